The van der Waals surface area contributed by atoms with E-state index in [4.69, 9.17) is 4.42 Å². The van der Waals surface area contributed by atoms with Gasteiger partial charge in [0.2, 0.25) is 5.43 Å². The van der Waals surface area contributed by atoms with Crippen molar-refractivity contribution in [2.45, 2.75) is 13.8 Å². The van der Waals surface area contributed by atoms with E-state index in [2.05, 4.69) is 35.9 Å². The molecular weight excluding hydrogens is 402 g/mol. The van der Waals surface area contributed by atoms with Gasteiger partial charge in [0.15, 0.2) is 0 Å². The SMILES string of the molecule is CCN(CC)c1ccc(-c2csc(-c3coc4ccc([N+](=O)[O-])cc4c3=O)n2)cc1. The molecule has 0 radical (unpaired) electrons. The summed E-state index contributed by atoms with van der Waals surface area (Å²) in [6, 6.07) is 12.1. The quantitative estimate of drug-likeness (QED) is 0.308. The van der Waals surface area contributed by atoms with Gasteiger partial charge in [-0.05, 0) is 32.0 Å². The molecule has 2 heterocycles. The monoisotopic (exact) mass is 421 g/mol. The minimum atomic E-state index is -0.533. The van der Waals surface area contributed by atoms with Crippen molar-refractivity contribution in [2.75, 3.05) is 18.0 Å². The van der Waals surface area contributed by atoms with Crippen LogP contribution in [0, 0.1) is 10.1 Å². The predicted octanol–water partition coefficient (Wildman–Crippen LogP) is 5.34. The normalized spacial score (nSPS) is 11.0. The zero-order valence-electron chi connectivity index (χ0n) is 16.5. The Hall–Kier alpha value is -3.52. The number of anilines is 1. The van der Waals surface area contributed by atoms with Crippen molar-refractivity contribution in [3.8, 4) is 21.8 Å². The van der Waals surface area contributed by atoms with E-state index in [-0.39, 0.29) is 16.5 Å². The number of rotatable bonds is 6. The molecule has 0 saturated heterocycles. The van der Waals surface area contributed by atoms with E-state index in [0.717, 1.165) is 30.0 Å². The van der Waals surface area contributed by atoms with E-state index in [1.165, 1.54) is 35.8 Å². The summed E-state index contributed by atoms with van der Waals surface area (Å²) in [7, 11) is 0. The van der Waals surface area contributed by atoms with E-state index in [9.17, 15) is 14.9 Å². The van der Waals surface area contributed by atoms with Gasteiger partial charge in [0.1, 0.15) is 16.9 Å². The molecule has 0 spiro atoms. The number of thiazole rings is 1. The van der Waals surface area contributed by atoms with Crippen LogP contribution in [0.5, 0.6) is 0 Å². The highest BCUT2D eigenvalue weighted by atomic mass is 32.1. The molecule has 0 aliphatic carbocycles. The van der Waals surface area contributed by atoms with E-state index in [0.29, 0.717) is 16.2 Å². The number of hydrogen-bond donors (Lipinski definition) is 0. The number of nitro groups is 1. The fourth-order valence-electron chi connectivity index (χ4n) is 3.34. The predicted molar refractivity (Wildman–Crippen MR) is 119 cm³/mol. The third-order valence-electron chi connectivity index (χ3n) is 4.99. The summed E-state index contributed by atoms with van der Waals surface area (Å²) in [6.45, 7) is 6.11. The number of nitrogens with zero attached hydrogens (tertiary/aromatic N) is 3. The molecule has 0 bridgehead atoms. The second-order valence-corrected chi connectivity index (χ2v) is 7.53. The van der Waals surface area contributed by atoms with Gasteiger partial charge in [-0.3, -0.25) is 14.9 Å². The van der Waals surface area contributed by atoms with Crippen molar-refractivity contribution in [2.24, 2.45) is 0 Å². The number of hydrogen-bond acceptors (Lipinski definition) is 7. The summed E-state index contributed by atoms with van der Waals surface area (Å²) in [5.74, 6) is 0. The zero-order chi connectivity index (χ0) is 21.3. The second kappa shape index (κ2) is 8.08. The molecule has 2 aromatic carbocycles. The molecule has 0 amide bonds. The van der Waals surface area contributed by atoms with Crippen LogP contribution >= 0.6 is 11.3 Å². The first kappa shape index (κ1) is 19.8. The van der Waals surface area contributed by atoms with Gasteiger partial charge in [-0.2, -0.15) is 0 Å². The lowest BCUT2D eigenvalue weighted by Gasteiger charge is -2.20. The molecule has 0 aliphatic heterocycles. The van der Waals surface area contributed by atoms with Gasteiger partial charge in [-0.1, -0.05) is 12.1 Å². The van der Waals surface area contributed by atoms with Crippen LogP contribution in [0.25, 0.3) is 32.8 Å². The molecule has 0 fully saturated rings. The zero-order valence-corrected chi connectivity index (χ0v) is 17.3. The molecule has 8 heteroatoms. The third kappa shape index (κ3) is 3.57. The van der Waals surface area contributed by atoms with Crippen LogP contribution in [0.2, 0.25) is 0 Å². The molecular formula is C22H19N3O4S. The molecule has 152 valence electrons. The Bertz CT molecular complexity index is 1270. The van der Waals surface area contributed by atoms with Crippen LogP contribution in [0.1, 0.15) is 13.8 Å². The Labute approximate surface area is 176 Å². The van der Waals surface area contributed by atoms with Gasteiger partial charge >= 0.3 is 0 Å². The minimum Gasteiger partial charge on any atom is -0.463 e. The summed E-state index contributed by atoms with van der Waals surface area (Å²) in [6.07, 6.45) is 1.36. The van der Waals surface area contributed by atoms with E-state index in [1.807, 2.05) is 17.5 Å². The molecule has 0 unspecified atom stereocenters. The molecule has 7 nitrogen and oxygen atoms in total. The van der Waals surface area contributed by atoms with Crippen molar-refractivity contribution in [3.63, 3.8) is 0 Å². The average molecular weight is 421 g/mol. The largest absolute Gasteiger partial charge is 0.463 e. The fourth-order valence-corrected chi connectivity index (χ4v) is 4.17. The minimum absolute atomic E-state index is 0.153. The maximum atomic E-state index is 12.9. The van der Waals surface area contributed by atoms with Gasteiger partial charge in [0.25, 0.3) is 5.69 Å². The summed E-state index contributed by atoms with van der Waals surface area (Å²) in [5.41, 5.74) is 2.97. The number of non-ortho nitro benzene ring substituents is 1. The fraction of sp³-hybridized carbons (Fsp3) is 0.182. The average Bonchev–Trinajstić information content (AvgIpc) is 3.25. The highest BCUT2D eigenvalue weighted by Gasteiger charge is 2.16. The summed E-state index contributed by atoms with van der Waals surface area (Å²) < 4.78 is 5.53. The maximum Gasteiger partial charge on any atom is 0.270 e. The van der Waals surface area contributed by atoms with Crippen LogP contribution in [-0.2, 0) is 0 Å². The number of nitro benzene ring substituents is 1. The second-order valence-electron chi connectivity index (χ2n) is 6.67. The molecule has 4 rings (SSSR count). The number of benzene rings is 2. The Morgan fingerprint density at radius 2 is 1.87 bits per heavy atom. The van der Waals surface area contributed by atoms with Crippen molar-refractivity contribution >= 4 is 33.7 Å². The van der Waals surface area contributed by atoms with E-state index in [1.54, 1.807) is 0 Å². The molecule has 30 heavy (non-hydrogen) atoms. The summed E-state index contributed by atoms with van der Waals surface area (Å²) >= 11 is 1.33. The van der Waals surface area contributed by atoms with Gasteiger partial charge in [0, 0.05) is 41.9 Å². The Kier molecular flexibility index (Phi) is 5.33. The first-order chi connectivity index (χ1) is 14.5. The highest BCUT2D eigenvalue weighted by molar-refractivity contribution is 7.13. The van der Waals surface area contributed by atoms with Crippen LogP contribution in [0.4, 0.5) is 11.4 Å². The Morgan fingerprint density at radius 1 is 1.13 bits per heavy atom. The molecule has 0 N–H and O–H groups in total. The number of aromatic nitrogens is 1. The van der Waals surface area contributed by atoms with Gasteiger partial charge in [0.05, 0.1) is 21.6 Å². The molecule has 0 atom stereocenters. The standard InChI is InChI=1S/C22H19N3O4S/c1-3-24(4-2)15-7-5-14(6-8-15)19-13-30-22(23-19)18-12-29-20-10-9-16(25(27)28)11-17(20)21(18)26/h5-13H,3-4H2,1-2H3. The highest BCUT2D eigenvalue weighted by Crippen LogP contribution is 2.30. The van der Waals surface area contributed by atoms with Crippen molar-refractivity contribution in [3.05, 3.63) is 74.4 Å². The van der Waals surface area contributed by atoms with Crippen LogP contribution in [0.3, 0.4) is 0 Å². The van der Waals surface area contributed by atoms with Crippen LogP contribution in [0.15, 0.2) is 63.3 Å². The Morgan fingerprint density at radius 3 is 2.53 bits per heavy atom. The van der Waals surface area contributed by atoms with Crippen molar-refractivity contribution in [1.82, 2.24) is 4.98 Å². The lowest BCUT2D eigenvalue weighted by molar-refractivity contribution is -0.384. The van der Waals surface area contributed by atoms with Crippen molar-refractivity contribution in [1.29, 1.82) is 0 Å². The van der Waals surface area contributed by atoms with Crippen LogP contribution in [-0.4, -0.2) is 23.0 Å². The van der Waals surface area contributed by atoms with Gasteiger partial charge in [-0.15, -0.1) is 11.3 Å². The third-order valence-corrected chi connectivity index (χ3v) is 5.87. The Balaban J connectivity index is 1.70. The maximum absolute atomic E-state index is 12.9. The first-order valence-electron chi connectivity index (χ1n) is 9.53. The number of fused-ring (bicyclic) bond motifs is 1. The smallest absolute Gasteiger partial charge is 0.270 e. The van der Waals surface area contributed by atoms with Gasteiger partial charge < -0.3 is 9.32 Å². The van der Waals surface area contributed by atoms with E-state index >= 15 is 0 Å². The van der Waals surface area contributed by atoms with Gasteiger partial charge in [-0.25, -0.2) is 4.98 Å². The molecule has 0 saturated carbocycles. The van der Waals surface area contributed by atoms with E-state index < -0.39 is 4.92 Å². The lowest BCUT2D eigenvalue weighted by Crippen LogP contribution is -2.21. The lowest BCUT2D eigenvalue weighted by atomic mass is 10.1. The molecule has 0 aliphatic rings. The van der Waals surface area contributed by atoms with Crippen molar-refractivity contribution < 1.29 is 9.34 Å². The molecule has 4 aromatic rings. The first-order valence-corrected chi connectivity index (χ1v) is 10.4. The molecule has 2 aromatic heterocycles. The topological polar surface area (TPSA) is 89.5 Å². The summed E-state index contributed by atoms with van der Waals surface area (Å²) in [4.78, 5) is 30.3. The summed E-state index contributed by atoms with van der Waals surface area (Å²) in [5, 5.41) is 13.6. The van der Waals surface area contributed by atoms with Crippen LogP contribution < -0.4 is 10.3 Å².